The highest BCUT2D eigenvalue weighted by atomic mass is 32.2. The van der Waals surface area contributed by atoms with Crippen molar-refractivity contribution in [3.63, 3.8) is 0 Å². The second-order valence-corrected chi connectivity index (χ2v) is 4.08. The Morgan fingerprint density at radius 3 is 1.93 bits per heavy atom. The fraction of sp³-hybridized carbons (Fsp3) is 0.143. The van der Waals surface area contributed by atoms with Crippen LogP contribution in [-0.4, -0.2) is 18.1 Å². The predicted molar refractivity (Wildman–Crippen MR) is 42.5 cm³/mol. The zero-order chi connectivity index (χ0) is 12.0. The van der Waals surface area contributed by atoms with E-state index in [0.717, 1.165) is 6.92 Å². The van der Waals surface area contributed by atoms with Gasteiger partial charge in [0.1, 0.15) is 0 Å². The molecule has 0 saturated heterocycles. The fourth-order valence-electron chi connectivity index (χ4n) is 0.977. The molecular formula is C7H5F3O4S. The van der Waals surface area contributed by atoms with Crippen LogP contribution in [0, 0.1) is 24.4 Å². The van der Waals surface area contributed by atoms with Gasteiger partial charge >= 0.3 is 10.1 Å². The lowest BCUT2D eigenvalue weighted by Crippen LogP contribution is -2.07. The molecule has 0 heterocycles. The van der Waals surface area contributed by atoms with Crippen LogP contribution < -0.4 is 0 Å². The lowest BCUT2D eigenvalue weighted by Gasteiger charge is -2.07. The average molecular weight is 242 g/mol. The summed E-state index contributed by atoms with van der Waals surface area (Å²) in [5.41, 5.74) is -0.877. The number of halogens is 3. The zero-order valence-corrected chi connectivity index (χ0v) is 8.07. The SMILES string of the molecule is Cc1c(F)c(O)c(S(=O)(=O)O)c(F)c1F. The van der Waals surface area contributed by atoms with Crippen LogP contribution in [0.2, 0.25) is 0 Å². The minimum absolute atomic E-state index is 0.807. The molecule has 0 aliphatic rings. The van der Waals surface area contributed by atoms with Crippen molar-refractivity contribution in [3.8, 4) is 5.75 Å². The third-order valence-corrected chi connectivity index (χ3v) is 2.62. The van der Waals surface area contributed by atoms with Crippen molar-refractivity contribution in [3.05, 3.63) is 23.0 Å². The molecule has 0 spiro atoms. The molecule has 15 heavy (non-hydrogen) atoms. The van der Waals surface area contributed by atoms with Gasteiger partial charge in [0.15, 0.2) is 28.1 Å². The molecule has 1 rings (SSSR count). The first-order chi connectivity index (χ1) is 6.68. The second-order valence-electron chi connectivity index (χ2n) is 2.72. The minimum Gasteiger partial charge on any atom is -0.504 e. The average Bonchev–Trinajstić information content (AvgIpc) is 2.09. The Labute approximate surface area is 82.7 Å². The molecule has 0 bridgehead atoms. The van der Waals surface area contributed by atoms with E-state index in [9.17, 15) is 21.6 Å². The van der Waals surface area contributed by atoms with Crippen molar-refractivity contribution in [2.75, 3.05) is 0 Å². The van der Waals surface area contributed by atoms with Crippen molar-refractivity contribution in [2.24, 2.45) is 0 Å². The summed E-state index contributed by atoms with van der Waals surface area (Å²) in [6.07, 6.45) is 0. The second kappa shape index (κ2) is 3.38. The van der Waals surface area contributed by atoms with Crippen LogP contribution in [0.15, 0.2) is 4.90 Å². The van der Waals surface area contributed by atoms with Gasteiger partial charge in [-0.15, -0.1) is 0 Å². The van der Waals surface area contributed by atoms with Crippen LogP contribution in [-0.2, 0) is 10.1 Å². The Morgan fingerprint density at radius 2 is 1.53 bits per heavy atom. The highest BCUT2D eigenvalue weighted by molar-refractivity contribution is 7.86. The maximum Gasteiger partial charge on any atom is 0.301 e. The summed E-state index contributed by atoms with van der Waals surface area (Å²) in [6, 6.07) is 0. The summed E-state index contributed by atoms with van der Waals surface area (Å²) in [5, 5.41) is 8.90. The van der Waals surface area contributed by atoms with Crippen molar-refractivity contribution in [2.45, 2.75) is 11.8 Å². The van der Waals surface area contributed by atoms with E-state index in [1.807, 2.05) is 0 Å². The first-order valence-corrected chi connectivity index (χ1v) is 4.95. The van der Waals surface area contributed by atoms with Gasteiger partial charge in [-0.3, -0.25) is 4.55 Å². The highest BCUT2D eigenvalue weighted by Gasteiger charge is 2.29. The Morgan fingerprint density at radius 1 is 1.07 bits per heavy atom. The van der Waals surface area contributed by atoms with E-state index >= 15 is 0 Å². The molecule has 0 aliphatic heterocycles. The molecule has 1 aromatic carbocycles. The fourth-order valence-corrected chi connectivity index (χ4v) is 1.63. The largest absolute Gasteiger partial charge is 0.504 e. The van der Waals surface area contributed by atoms with Crippen LogP contribution >= 0.6 is 0 Å². The summed E-state index contributed by atoms with van der Waals surface area (Å²) in [7, 11) is -5.23. The Bertz CT molecular complexity index is 495. The van der Waals surface area contributed by atoms with Crippen LogP contribution in [0.25, 0.3) is 0 Å². The first kappa shape index (κ1) is 11.8. The zero-order valence-electron chi connectivity index (χ0n) is 7.25. The monoisotopic (exact) mass is 242 g/mol. The van der Waals surface area contributed by atoms with E-state index in [1.54, 1.807) is 0 Å². The van der Waals surface area contributed by atoms with Gasteiger partial charge in [-0.1, -0.05) is 0 Å². The van der Waals surface area contributed by atoms with E-state index in [4.69, 9.17) is 9.66 Å². The molecule has 0 aromatic heterocycles. The van der Waals surface area contributed by atoms with Crippen molar-refractivity contribution >= 4 is 10.1 Å². The lowest BCUT2D eigenvalue weighted by atomic mass is 10.2. The predicted octanol–water partition coefficient (Wildman–Crippen LogP) is 1.36. The molecule has 1 aromatic rings. The Kier molecular flexibility index (Phi) is 2.66. The number of phenols is 1. The van der Waals surface area contributed by atoms with E-state index < -0.39 is 43.8 Å². The molecule has 0 atom stereocenters. The van der Waals surface area contributed by atoms with Gasteiger partial charge < -0.3 is 5.11 Å². The van der Waals surface area contributed by atoms with Crippen molar-refractivity contribution in [1.82, 2.24) is 0 Å². The van der Waals surface area contributed by atoms with E-state index in [1.165, 1.54) is 0 Å². The quantitative estimate of drug-likeness (QED) is 0.576. The van der Waals surface area contributed by atoms with Gasteiger partial charge in [0, 0.05) is 5.56 Å². The van der Waals surface area contributed by atoms with Crippen LogP contribution in [0.4, 0.5) is 13.2 Å². The highest BCUT2D eigenvalue weighted by Crippen LogP contribution is 2.32. The molecular weight excluding hydrogens is 237 g/mol. The summed E-state index contributed by atoms with van der Waals surface area (Å²) in [6.45, 7) is 0.807. The normalized spacial score (nSPS) is 11.8. The van der Waals surface area contributed by atoms with Gasteiger partial charge in [0.05, 0.1) is 0 Å². The maximum absolute atomic E-state index is 13.0. The molecule has 0 fully saturated rings. The van der Waals surface area contributed by atoms with Crippen molar-refractivity contribution < 1.29 is 31.2 Å². The number of phenolic OH excluding ortho intramolecular Hbond substituents is 1. The van der Waals surface area contributed by atoms with Gasteiger partial charge in [0.2, 0.25) is 0 Å². The summed E-state index contributed by atoms with van der Waals surface area (Å²) >= 11 is 0. The lowest BCUT2D eigenvalue weighted by molar-refractivity contribution is 0.375. The number of benzene rings is 1. The summed E-state index contributed by atoms with van der Waals surface area (Å²) in [4.78, 5) is -1.80. The molecule has 0 aliphatic carbocycles. The maximum atomic E-state index is 13.0. The van der Waals surface area contributed by atoms with Gasteiger partial charge in [-0.05, 0) is 6.92 Å². The Balaban J connectivity index is 3.84. The summed E-state index contributed by atoms with van der Waals surface area (Å²) in [5.74, 6) is -7.08. The third-order valence-electron chi connectivity index (χ3n) is 1.73. The molecule has 0 unspecified atom stereocenters. The smallest absolute Gasteiger partial charge is 0.301 e. The van der Waals surface area contributed by atoms with Crippen molar-refractivity contribution in [1.29, 1.82) is 0 Å². The molecule has 0 radical (unpaired) electrons. The molecule has 0 amide bonds. The van der Waals surface area contributed by atoms with E-state index in [2.05, 4.69) is 0 Å². The van der Waals surface area contributed by atoms with Gasteiger partial charge in [-0.2, -0.15) is 8.42 Å². The van der Waals surface area contributed by atoms with Crippen LogP contribution in [0.3, 0.4) is 0 Å². The standard InChI is InChI=1S/C7H5F3O4S/c1-2-3(8)5(10)7(15(12,13)14)6(11)4(2)9/h11H,1H3,(H,12,13,14). The molecule has 8 heteroatoms. The first-order valence-electron chi connectivity index (χ1n) is 3.51. The van der Waals surface area contributed by atoms with Gasteiger partial charge in [0.25, 0.3) is 0 Å². The summed E-state index contributed by atoms with van der Waals surface area (Å²) < 4.78 is 68.2. The molecule has 84 valence electrons. The minimum atomic E-state index is -5.23. The topological polar surface area (TPSA) is 74.6 Å². The number of aromatic hydroxyl groups is 1. The Hall–Kier alpha value is -1.28. The van der Waals surface area contributed by atoms with Crippen LogP contribution in [0.5, 0.6) is 5.75 Å². The van der Waals surface area contributed by atoms with E-state index in [0.29, 0.717) is 0 Å². The third kappa shape index (κ3) is 1.77. The number of hydrogen-bond donors (Lipinski definition) is 2. The van der Waals surface area contributed by atoms with Crippen LogP contribution in [0.1, 0.15) is 5.56 Å². The molecule has 2 N–H and O–H groups in total. The number of rotatable bonds is 1. The van der Waals surface area contributed by atoms with E-state index in [-0.39, 0.29) is 0 Å². The number of hydrogen-bond acceptors (Lipinski definition) is 3. The molecule has 4 nitrogen and oxygen atoms in total. The van der Waals surface area contributed by atoms with Gasteiger partial charge in [-0.25, -0.2) is 13.2 Å². The molecule has 0 saturated carbocycles.